The fourth-order valence-electron chi connectivity index (χ4n) is 3.43. The largest absolute Gasteiger partial charge is 0.330 e. The molecule has 1 aromatic rings. The Labute approximate surface area is 128 Å². The van der Waals surface area contributed by atoms with Crippen LogP contribution in [0.1, 0.15) is 50.5 Å². The third-order valence-electron chi connectivity index (χ3n) is 4.75. The lowest BCUT2D eigenvalue weighted by atomic mass is 9.78. The average Bonchev–Trinajstić information content (AvgIpc) is 2.53. The molecule has 0 spiro atoms. The number of rotatable bonds is 6. The highest BCUT2D eigenvalue weighted by molar-refractivity contribution is 7.92. The molecular weight excluding hydrogens is 282 g/mol. The second-order valence-electron chi connectivity index (χ2n) is 6.18. The molecule has 1 aliphatic carbocycles. The van der Waals surface area contributed by atoms with Crippen molar-refractivity contribution in [3.05, 3.63) is 35.9 Å². The topological polar surface area (TPSA) is 60.2 Å². The van der Waals surface area contributed by atoms with Crippen LogP contribution < -0.4 is 5.73 Å². The number of benzene rings is 1. The van der Waals surface area contributed by atoms with Crippen LogP contribution in [0, 0.1) is 5.92 Å². The first-order valence-corrected chi connectivity index (χ1v) is 9.76. The molecule has 0 heterocycles. The lowest BCUT2D eigenvalue weighted by Crippen LogP contribution is -2.40. The van der Waals surface area contributed by atoms with Crippen molar-refractivity contribution >= 4 is 9.84 Å². The van der Waals surface area contributed by atoms with Gasteiger partial charge in [-0.15, -0.1) is 0 Å². The van der Waals surface area contributed by atoms with Crippen LogP contribution in [0.3, 0.4) is 0 Å². The van der Waals surface area contributed by atoms with E-state index in [1.54, 1.807) is 0 Å². The molecule has 118 valence electrons. The third-order valence-corrected chi connectivity index (χ3v) is 7.10. The van der Waals surface area contributed by atoms with Crippen LogP contribution in [0.2, 0.25) is 0 Å². The number of sulfone groups is 1. The number of hydrogen-bond acceptors (Lipinski definition) is 3. The molecule has 0 amide bonds. The summed E-state index contributed by atoms with van der Waals surface area (Å²) in [6, 6.07) is 10.3. The predicted octanol–water partition coefficient (Wildman–Crippen LogP) is 3.11. The molecular formula is C17H27NO2S. The number of nitrogens with two attached hydrogens (primary N) is 1. The van der Waals surface area contributed by atoms with Crippen LogP contribution in [0.4, 0.5) is 0 Å². The van der Waals surface area contributed by atoms with Gasteiger partial charge in [0.05, 0.1) is 11.0 Å². The summed E-state index contributed by atoms with van der Waals surface area (Å²) in [6.45, 7) is 2.51. The molecule has 1 aromatic carbocycles. The standard InChI is InChI=1S/C17H27NO2S/c1-2-3-11-21(19,20)17-12-15(9-10-16(17)13-18)14-7-5-4-6-8-14/h4-8,15-17H,2-3,9-13,18H2,1H3. The van der Waals surface area contributed by atoms with E-state index in [0.29, 0.717) is 18.2 Å². The maximum atomic E-state index is 12.6. The highest BCUT2D eigenvalue weighted by atomic mass is 32.2. The summed E-state index contributed by atoms with van der Waals surface area (Å²) in [5.74, 6) is 0.800. The molecule has 0 bridgehead atoms. The summed E-state index contributed by atoms with van der Waals surface area (Å²) in [4.78, 5) is 0. The summed E-state index contributed by atoms with van der Waals surface area (Å²) in [6.07, 6.45) is 4.38. The third kappa shape index (κ3) is 4.07. The Balaban J connectivity index is 2.16. The molecule has 1 aliphatic rings. The molecule has 0 aromatic heterocycles. The lowest BCUT2D eigenvalue weighted by Gasteiger charge is -2.35. The molecule has 0 radical (unpaired) electrons. The lowest BCUT2D eigenvalue weighted by molar-refractivity contribution is 0.331. The van der Waals surface area contributed by atoms with Gasteiger partial charge in [-0.1, -0.05) is 43.7 Å². The van der Waals surface area contributed by atoms with Crippen molar-refractivity contribution in [2.75, 3.05) is 12.3 Å². The molecule has 3 nitrogen and oxygen atoms in total. The summed E-state index contributed by atoms with van der Waals surface area (Å²) in [5.41, 5.74) is 7.11. The molecule has 21 heavy (non-hydrogen) atoms. The van der Waals surface area contributed by atoms with Gasteiger partial charge in [-0.2, -0.15) is 0 Å². The molecule has 3 unspecified atom stereocenters. The van der Waals surface area contributed by atoms with Gasteiger partial charge >= 0.3 is 0 Å². The van der Waals surface area contributed by atoms with Crippen molar-refractivity contribution in [2.45, 2.75) is 50.2 Å². The highest BCUT2D eigenvalue weighted by Gasteiger charge is 2.38. The van der Waals surface area contributed by atoms with E-state index in [2.05, 4.69) is 12.1 Å². The van der Waals surface area contributed by atoms with Gasteiger partial charge < -0.3 is 5.73 Å². The molecule has 3 atom stereocenters. The zero-order chi connectivity index (χ0) is 15.3. The normalized spacial score (nSPS) is 26.7. The minimum atomic E-state index is -3.03. The van der Waals surface area contributed by atoms with Crippen LogP contribution >= 0.6 is 0 Å². The molecule has 1 fully saturated rings. The summed E-state index contributed by atoms with van der Waals surface area (Å²) < 4.78 is 25.3. The van der Waals surface area contributed by atoms with E-state index in [1.807, 2.05) is 25.1 Å². The highest BCUT2D eigenvalue weighted by Crippen LogP contribution is 2.39. The van der Waals surface area contributed by atoms with Gasteiger partial charge in [-0.25, -0.2) is 8.42 Å². The predicted molar refractivity (Wildman–Crippen MR) is 88.1 cm³/mol. The van der Waals surface area contributed by atoms with Crippen molar-refractivity contribution in [1.82, 2.24) is 0 Å². The van der Waals surface area contributed by atoms with Crippen molar-refractivity contribution < 1.29 is 8.42 Å². The Kier molecular flexibility index (Phi) is 5.82. The SMILES string of the molecule is CCCCS(=O)(=O)C1CC(c2ccccc2)CCC1CN. The van der Waals surface area contributed by atoms with E-state index in [1.165, 1.54) is 5.56 Å². The van der Waals surface area contributed by atoms with E-state index in [9.17, 15) is 8.42 Å². The Morgan fingerprint density at radius 3 is 2.52 bits per heavy atom. The van der Waals surface area contributed by atoms with Crippen LogP contribution in [-0.2, 0) is 9.84 Å². The van der Waals surface area contributed by atoms with Gasteiger partial charge in [0.1, 0.15) is 0 Å². The van der Waals surface area contributed by atoms with Crippen LogP contribution in [0.15, 0.2) is 30.3 Å². The molecule has 0 saturated heterocycles. The van der Waals surface area contributed by atoms with Gasteiger partial charge in [0.25, 0.3) is 0 Å². The number of unbranched alkanes of at least 4 members (excludes halogenated alkanes) is 1. The molecule has 2 N–H and O–H groups in total. The molecule has 4 heteroatoms. The molecule has 1 saturated carbocycles. The Morgan fingerprint density at radius 2 is 1.90 bits per heavy atom. The van der Waals surface area contributed by atoms with Gasteiger partial charge in [0, 0.05) is 0 Å². The van der Waals surface area contributed by atoms with Crippen molar-refractivity contribution in [3.8, 4) is 0 Å². The smallest absolute Gasteiger partial charge is 0.153 e. The van der Waals surface area contributed by atoms with E-state index >= 15 is 0 Å². The zero-order valence-electron chi connectivity index (χ0n) is 12.9. The van der Waals surface area contributed by atoms with E-state index in [4.69, 9.17) is 5.73 Å². The minimum Gasteiger partial charge on any atom is -0.330 e. The van der Waals surface area contributed by atoms with Crippen molar-refractivity contribution in [2.24, 2.45) is 11.7 Å². The fraction of sp³-hybridized carbons (Fsp3) is 0.647. The summed E-state index contributed by atoms with van der Waals surface area (Å²) >= 11 is 0. The van der Waals surface area contributed by atoms with Crippen LogP contribution in [0.5, 0.6) is 0 Å². The second kappa shape index (κ2) is 7.41. The van der Waals surface area contributed by atoms with E-state index < -0.39 is 9.84 Å². The molecule has 2 rings (SSSR count). The maximum Gasteiger partial charge on any atom is 0.153 e. The van der Waals surface area contributed by atoms with Gasteiger partial charge in [0.15, 0.2) is 9.84 Å². The second-order valence-corrected chi connectivity index (χ2v) is 8.51. The minimum absolute atomic E-state index is 0.131. The van der Waals surface area contributed by atoms with E-state index in [0.717, 1.165) is 32.1 Å². The van der Waals surface area contributed by atoms with Crippen molar-refractivity contribution in [3.63, 3.8) is 0 Å². The fourth-order valence-corrected chi connectivity index (χ4v) is 5.78. The average molecular weight is 309 g/mol. The Hall–Kier alpha value is -0.870. The van der Waals surface area contributed by atoms with Crippen molar-refractivity contribution in [1.29, 1.82) is 0 Å². The summed E-state index contributed by atoms with van der Waals surface area (Å²) in [7, 11) is -3.03. The van der Waals surface area contributed by atoms with Gasteiger partial charge in [-0.05, 0) is 49.6 Å². The Bertz CT molecular complexity index is 527. The van der Waals surface area contributed by atoms with Crippen LogP contribution in [0.25, 0.3) is 0 Å². The van der Waals surface area contributed by atoms with Crippen LogP contribution in [-0.4, -0.2) is 26.0 Å². The molecule has 0 aliphatic heterocycles. The van der Waals surface area contributed by atoms with E-state index in [-0.39, 0.29) is 11.2 Å². The monoisotopic (exact) mass is 309 g/mol. The number of hydrogen-bond donors (Lipinski definition) is 1. The van der Waals surface area contributed by atoms with Gasteiger partial charge in [0.2, 0.25) is 0 Å². The summed E-state index contributed by atoms with van der Waals surface area (Å²) in [5, 5.41) is -0.256. The Morgan fingerprint density at radius 1 is 1.19 bits per heavy atom. The first-order chi connectivity index (χ1) is 10.1. The quantitative estimate of drug-likeness (QED) is 0.878. The maximum absolute atomic E-state index is 12.6. The zero-order valence-corrected chi connectivity index (χ0v) is 13.7. The van der Waals surface area contributed by atoms with Gasteiger partial charge in [-0.3, -0.25) is 0 Å². The first-order valence-electron chi connectivity index (χ1n) is 8.05. The first kappa shape index (κ1) is 16.5.